The molecule has 1 N–H and O–H groups in total. The fourth-order valence-corrected chi connectivity index (χ4v) is 2.53. The van der Waals surface area contributed by atoms with E-state index in [0.717, 1.165) is 5.01 Å². The van der Waals surface area contributed by atoms with Crippen molar-refractivity contribution in [1.29, 1.82) is 0 Å². The largest absolute Gasteiger partial charge is 0.479 e. The molecule has 0 aliphatic carbocycles. The maximum atomic E-state index is 13.8. The Balaban J connectivity index is 1.86. The van der Waals surface area contributed by atoms with Crippen LogP contribution in [0.25, 0.3) is 0 Å². The Morgan fingerprint density at radius 3 is 2.94 bits per heavy atom. The van der Waals surface area contributed by atoms with Crippen LogP contribution in [-0.4, -0.2) is 45.6 Å². The molecule has 0 radical (unpaired) electrons. The van der Waals surface area contributed by atoms with Gasteiger partial charge in [-0.1, -0.05) is 0 Å². The van der Waals surface area contributed by atoms with E-state index in [0.29, 0.717) is 6.42 Å². The Bertz CT molecular complexity index is 451. The van der Waals surface area contributed by atoms with E-state index in [1.54, 1.807) is 6.20 Å². The standard InChI is InChI=1S/C11H13FN2O3S/c12-11(10(16)17)3-5-14(7-11)9(15)2-1-8-13-4-6-18-8/h4,6H,1-3,5,7H2,(H,16,17). The Hall–Kier alpha value is -1.50. The second-order valence-electron chi connectivity index (χ2n) is 4.26. The van der Waals surface area contributed by atoms with Crippen molar-refractivity contribution in [2.75, 3.05) is 13.1 Å². The summed E-state index contributed by atoms with van der Waals surface area (Å²) in [5.74, 6) is -1.70. The summed E-state index contributed by atoms with van der Waals surface area (Å²) in [6.07, 6.45) is 2.28. The van der Waals surface area contributed by atoms with E-state index < -0.39 is 11.6 Å². The molecule has 2 heterocycles. The molecule has 5 nitrogen and oxygen atoms in total. The molecule has 1 aliphatic rings. The number of carboxylic acid groups (broad SMARTS) is 1. The number of carboxylic acids is 1. The molecular weight excluding hydrogens is 259 g/mol. The number of halogens is 1. The van der Waals surface area contributed by atoms with Gasteiger partial charge in [0, 0.05) is 37.4 Å². The van der Waals surface area contributed by atoms with E-state index in [-0.39, 0.29) is 31.8 Å². The Labute approximate surface area is 107 Å². The topological polar surface area (TPSA) is 70.5 Å². The average molecular weight is 272 g/mol. The summed E-state index contributed by atoms with van der Waals surface area (Å²) < 4.78 is 13.8. The van der Waals surface area contributed by atoms with Crippen LogP contribution in [0.3, 0.4) is 0 Å². The van der Waals surface area contributed by atoms with Crippen molar-refractivity contribution in [3.63, 3.8) is 0 Å². The molecule has 0 aromatic carbocycles. The van der Waals surface area contributed by atoms with Gasteiger partial charge in [0.2, 0.25) is 11.6 Å². The zero-order valence-corrected chi connectivity index (χ0v) is 10.5. The summed E-state index contributed by atoms with van der Waals surface area (Å²) >= 11 is 1.46. The van der Waals surface area contributed by atoms with Crippen LogP contribution in [0, 0.1) is 0 Å². The second-order valence-corrected chi connectivity index (χ2v) is 5.24. The van der Waals surface area contributed by atoms with E-state index in [9.17, 15) is 14.0 Å². The van der Waals surface area contributed by atoms with Crippen LogP contribution in [0.4, 0.5) is 4.39 Å². The lowest BCUT2D eigenvalue weighted by Gasteiger charge is -2.17. The van der Waals surface area contributed by atoms with Gasteiger partial charge in [-0.3, -0.25) is 4.79 Å². The van der Waals surface area contributed by atoms with Gasteiger partial charge in [-0.2, -0.15) is 0 Å². The monoisotopic (exact) mass is 272 g/mol. The zero-order valence-electron chi connectivity index (χ0n) is 9.63. The number of aryl methyl sites for hydroxylation is 1. The molecule has 1 fully saturated rings. The highest BCUT2D eigenvalue weighted by Crippen LogP contribution is 2.26. The summed E-state index contributed by atoms with van der Waals surface area (Å²) in [5, 5.41) is 11.4. The Morgan fingerprint density at radius 2 is 2.39 bits per heavy atom. The van der Waals surface area contributed by atoms with Crippen LogP contribution in [0.15, 0.2) is 11.6 Å². The molecule has 0 saturated carbocycles. The molecule has 1 saturated heterocycles. The molecule has 7 heteroatoms. The summed E-state index contributed by atoms with van der Waals surface area (Å²) in [6.45, 7) is -0.182. The predicted octanol–water partition coefficient (Wildman–Crippen LogP) is 1.10. The molecule has 2 rings (SSSR count). The van der Waals surface area contributed by atoms with E-state index in [2.05, 4.69) is 4.98 Å². The third-order valence-electron chi connectivity index (χ3n) is 2.99. The molecule has 0 spiro atoms. The van der Waals surface area contributed by atoms with Crippen molar-refractivity contribution in [1.82, 2.24) is 9.88 Å². The number of hydrogen-bond acceptors (Lipinski definition) is 4. The van der Waals surface area contributed by atoms with Crippen molar-refractivity contribution in [2.24, 2.45) is 0 Å². The van der Waals surface area contributed by atoms with E-state index in [1.165, 1.54) is 16.2 Å². The van der Waals surface area contributed by atoms with Crippen molar-refractivity contribution in [3.8, 4) is 0 Å². The van der Waals surface area contributed by atoms with Gasteiger partial charge in [-0.25, -0.2) is 14.2 Å². The van der Waals surface area contributed by atoms with Crippen molar-refractivity contribution >= 4 is 23.2 Å². The Morgan fingerprint density at radius 1 is 1.61 bits per heavy atom. The van der Waals surface area contributed by atoms with Crippen LogP contribution in [0.2, 0.25) is 0 Å². The second kappa shape index (κ2) is 5.01. The SMILES string of the molecule is O=C(CCc1nccs1)N1CCC(F)(C(=O)O)C1. The molecule has 98 valence electrons. The molecule has 1 atom stereocenters. The summed E-state index contributed by atoms with van der Waals surface area (Å²) in [5.41, 5.74) is -2.28. The van der Waals surface area contributed by atoms with Gasteiger partial charge in [0.25, 0.3) is 0 Å². The van der Waals surface area contributed by atoms with Gasteiger partial charge >= 0.3 is 5.97 Å². The highest BCUT2D eigenvalue weighted by molar-refractivity contribution is 7.09. The lowest BCUT2D eigenvalue weighted by molar-refractivity contribution is -0.150. The Kier molecular flexibility index (Phi) is 3.60. The first kappa shape index (κ1) is 12.9. The van der Waals surface area contributed by atoms with Crippen LogP contribution >= 0.6 is 11.3 Å². The fourth-order valence-electron chi connectivity index (χ4n) is 1.91. The number of aromatic nitrogens is 1. The summed E-state index contributed by atoms with van der Waals surface area (Å²) in [4.78, 5) is 27.8. The maximum absolute atomic E-state index is 13.8. The van der Waals surface area contributed by atoms with E-state index in [1.807, 2.05) is 5.38 Å². The van der Waals surface area contributed by atoms with Crippen LogP contribution in [-0.2, 0) is 16.0 Å². The van der Waals surface area contributed by atoms with Crippen molar-refractivity contribution in [3.05, 3.63) is 16.6 Å². The quantitative estimate of drug-likeness (QED) is 0.891. The minimum absolute atomic E-state index is 0.134. The first-order valence-electron chi connectivity index (χ1n) is 5.60. The summed E-state index contributed by atoms with van der Waals surface area (Å²) in [6, 6.07) is 0. The number of aliphatic carboxylic acids is 1. The van der Waals surface area contributed by atoms with Crippen LogP contribution < -0.4 is 0 Å². The lowest BCUT2D eigenvalue weighted by Crippen LogP contribution is -2.38. The first-order valence-corrected chi connectivity index (χ1v) is 6.48. The smallest absolute Gasteiger partial charge is 0.343 e. The number of nitrogens with zero attached hydrogens (tertiary/aromatic N) is 2. The van der Waals surface area contributed by atoms with Gasteiger partial charge in [0.1, 0.15) is 0 Å². The third kappa shape index (κ3) is 2.66. The fraction of sp³-hybridized carbons (Fsp3) is 0.545. The highest BCUT2D eigenvalue weighted by atomic mass is 32.1. The maximum Gasteiger partial charge on any atom is 0.343 e. The zero-order chi connectivity index (χ0) is 13.2. The molecule has 1 aliphatic heterocycles. The number of carbonyl (C=O) groups is 2. The lowest BCUT2D eigenvalue weighted by atomic mass is 10.1. The van der Waals surface area contributed by atoms with Gasteiger partial charge in [-0.15, -0.1) is 11.3 Å². The molecule has 18 heavy (non-hydrogen) atoms. The number of amides is 1. The average Bonchev–Trinajstić information content (AvgIpc) is 2.95. The number of thiazole rings is 1. The number of hydrogen-bond donors (Lipinski definition) is 1. The third-order valence-corrected chi connectivity index (χ3v) is 3.83. The molecule has 0 bridgehead atoms. The van der Waals surface area contributed by atoms with Crippen molar-refractivity contribution < 1.29 is 19.1 Å². The van der Waals surface area contributed by atoms with Gasteiger partial charge in [-0.05, 0) is 0 Å². The molecule has 1 aromatic rings. The number of rotatable bonds is 4. The van der Waals surface area contributed by atoms with Gasteiger partial charge in [0.05, 0.1) is 11.6 Å². The van der Waals surface area contributed by atoms with E-state index in [4.69, 9.17) is 5.11 Å². The molecule has 1 amide bonds. The van der Waals surface area contributed by atoms with Crippen LogP contribution in [0.1, 0.15) is 17.8 Å². The number of carbonyl (C=O) groups excluding carboxylic acids is 1. The van der Waals surface area contributed by atoms with Crippen LogP contribution in [0.5, 0.6) is 0 Å². The predicted molar refractivity (Wildman–Crippen MR) is 63.1 cm³/mol. The normalized spacial score (nSPS) is 23.3. The summed E-state index contributed by atoms with van der Waals surface area (Å²) in [7, 11) is 0. The number of likely N-dealkylation sites (tertiary alicyclic amines) is 1. The van der Waals surface area contributed by atoms with E-state index >= 15 is 0 Å². The molecule has 1 unspecified atom stereocenters. The minimum atomic E-state index is -2.28. The van der Waals surface area contributed by atoms with Gasteiger partial charge in [0.15, 0.2) is 0 Å². The molecule has 1 aromatic heterocycles. The minimum Gasteiger partial charge on any atom is -0.479 e. The van der Waals surface area contributed by atoms with Gasteiger partial charge < -0.3 is 10.0 Å². The number of alkyl halides is 1. The highest BCUT2D eigenvalue weighted by Gasteiger charge is 2.46. The molecular formula is C11H13FN2O3S. The first-order chi connectivity index (χ1) is 8.51. The van der Waals surface area contributed by atoms with Crippen molar-refractivity contribution in [2.45, 2.75) is 24.9 Å².